The van der Waals surface area contributed by atoms with E-state index in [1.54, 1.807) is 0 Å². The van der Waals surface area contributed by atoms with Crippen molar-refractivity contribution in [2.24, 2.45) is 5.92 Å². The number of alkyl halides is 3. The van der Waals surface area contributed by atoms with Gasteiger partial charge in [-0.15, -0.1) is 0 Å². The normalized spacial score (nSPS) is 23.6. The Kier molecular flexibility index (Phi) is 4.41. The lowest BCUT2D eigenvalue weighted by Gasteiger charge is -2.31. The summed E-state index contributed by atoms with van der Waals surface area (Å²) in [5.41, 5.74) is 0. The van der Waals surface area contributed by atoms with Gasteiger partial charge in [0.2, 0.25) is 5.91 Å². The minimum absolute atomic E-state index is 0.138. The third-order valence-electron chi connectivity index (χ3n) is 2.81. The van der Waals surface area contributed by atoms with Crippen LogP contribution >= 0.6 is 0 Å². The molecule has 100 valence electrons. The zero-order chi connectivity index (χ0) is 13.2. The zero-order valence-electron chi connectivity index (χ0n) is 10.3. The summed E-state index contributed by atoms with van der Waals surface area (Å²) in [6.07, 6.45) is -4.77. The van der Waals surface area contributed by atoms with Gasteiger partial charge in [-0.2, -0.15) is 13.2 Å². The monoisotopic (exact) mass is 252 g/mol. The molecule has 0 aliphatic carbocycles. The first-order chi connectivity index (χ1) is 7.70. The van der Waals surface area contributed by atoms with E-state index in [0.29, 0.717) is 12.3 Å². The highest BCUT2D eigenvalue weighted by atomic mass is 19.4. The number of carbonyl (C=O) groups excluding carboxylic acids is 1. The highest BCUT2D eigenvalue weighted by Gasteiger charge is 2.39. The average molecular weight is 252 g/mol. The summed E-state index contributed by atoms with van der Waals surface area (Å²) in [6, 6.07) is -0.804. The van der Waals surface area contributed by atoms with Crippen LogP contribution in [0.2, 0.25) is 0 Å². The second kappa shape index (κ2) is 5.25. The van der Waals surface area contributed by atoms with Gasteiger partial charge in [-0.25, -0.2) is 0 Å². The fraction of sp³-hybridized carbons (Fsp3) is 0.909. The topological polar surface area (TPSA) is 32.3 Å². The summed E-state index contributed by atoms with van der Waals surface area (Å²) in [7, 11) is 0. The van der Waals surface area contributed by atoms with E-state index in [0.717, 1.165) is 0 Å². The molecule has 0 saturated carbocycles. The molecule has 0 radical (unpaired) electrons. The minimum Gasteiger partial charge on any atom is -0.323 e. The number of hydrogen-bond acceptors (Lipinski definition) is 2. The molecule has 3 nitrogen and oxygen atoms in total. The van der Waals surface area contributed by atoms with Crippen molar-refractivity contribution in [2.45, 2.75) is 52.0 Å². The van der Waals surface area contributed by atoms with Crippen molar-refractivity contribution in [1.29, 1.82) is 0 Å². The fourth-order valence-electron chi connectivity index (χ4n) is 2.20. The first kappa shape index (κ1) is 14.3. The Morgan fingerprint density at radius 1 is 1.41 bits per heavy atom. The first-order valence-electron chi connectivity index (χ1n) is 5.82. The second-order valence-corrected chi connectivity index (χ2v) is 5.00. The van der Waals surface area contributed by atoms with Crippen molar-refractivity contribution in [2.75, 3.05) is 6.54 Å². The SMILES string of the molecule is CC(C)CC1NCC(=O)N1C(C)CC(F)(F)F. The van der Waals surface area contributed by atoms with Crippen LogP contribution in [0, 0.1) is 5.92 Å². The molecule has 1 heterocycles. The third-order valence-corrected chi connectivity index (χ3v) is 2.81. The Morgan fingerprint density at radius 2 is 2.00 bits per heavy atom. The van der Waals surface area contributed by atoms with E-state index in [1.807, 2.05) is 13.8 Å². The van der Waals surface area contributed by atoms with Crippen molar-refractivity contribution < 1.29 is 18.0 Å². The fourth-order valence-corrected chi connectivity index (χ4v) is 2.20. The first-order valence-corrected chi connectivity index (χ1v) is 5.82. The Bertz CT molecular complexity index is 278. The summed E-state index contributed by atoms with van der Waals surface area (Å²) in [5.74, 6) is 0.0892. The summed E-state index contributed by atoms with van der Waals surface area (Å²) in [6.45, 7) is 5.56. The summed E-state index contributed by atoms with van der Waals surface area (Å²) < 4.78 is 37.0. The number of hydrogen-bond donors (Lipinski definition) is 1. The Labute approximate surface area is 99.4 Å². The van der Waals surface area contributed by atoms with Crippen LogP contribution in [-0.4, -0.2) is 35.7 Å². The number of carbonyl (C=O) groups is 1. The lowest BCUT2D eigenvalue weighted by Crippen LogP contribution is -2.45. The molecule has 0 bridgehead atoms. The van der Waals surface area contributed by atoms with Crippen molar-refractivity contribution in [3.05, 3.63) is 0 Å². The van der Waals surface area contributed by atoms with Gasteiger partial charge in [0.1, 0.15) is 0 Å². The molecule has 0 aromatic carbocycles. The van der Waals surface area contributed by atoms with Gasteiger partial charge in [0.05, 0.1) is 19.1 Å². The van der Waals surface area contributed by atoms with E-state index < -0.39 is 18.6 Å². The highest BCUT2D eigenvalue weighted by Crippen LogP contribution is 2.27. The molecule has 1 aliphatic rings. The molecule has 1 rings (SSSR count). The summed E-state index contributed by atoms with van der Waals surface area (Å²) in [5, 5.41) is 2.96. The van der Waals surface area contributed by atoms with Crippen LogP contribution in [0.15, 0.2) is 0 Å². The molecule has 1 N–H and O–H groups in total. The quantitative estimate of drug-likeness (QED) is 0.831. The average Bonchev–Trinajstić information content (AvgIpc) is 2.42. The largest absolute Gasteiger partial charge is 0.391 e. The predicted molar refractivity (Wildman–Crippen MR) is 58.2 cm³/mol. The van der Waals surface area contributed by atoms with Crippen LogP contribution in [0.1, 0.15) is 33.6 Å². The maximum atomic E-state index is 12.3. The van der Waals surface area contributed by atoms with E-state index in [-0.39, 0.29) is 18.6 Å². The van der Waals surface area contributed by atoms with Crippen LogP contribution in [0.4, 0.5) is 13.2 Å². The van der Waals surface area contributed by atoms with Gasteiger partial charge in [0, 0.05) is 6.04 Å². The lowest BCUT2D eigenvalue weighted by atomic mass is 10.1. The molecule has 1 aliphatic heterocycles. The maximum Gasteiger partial charge on any atom is 0.391 e. The van der Waals surface area contributed by atoms with Gasteiger partial charge in [-0.05, 0) is 19.3 Å². The highest BCUT2D eigenvalue weighted by molar-refractivity contribution is 5.80. The molecule has 0 spiro atoms. The van der Waals surface area contributed by atoms with Gasteiger partial charge < -0.3 is 4.90 Å². The molecule has 1 saturated heterocycles. The molecule has 1 fully saturated rings. The van der Waals surface area contributed by atoms with Gasteiger partial charge in [0.25, 0.3) is 0 Å². The third kappa shape index (κ3) is 4.18. The zero-order valence-corrected chi connectivity index (χ0v) is 10.3. The molecule has 2 atom stereocenters. The molecule has 1 amide bonds. The van der Waals surface area contributed by atoms with E-state index in [1.165, 1.54) is 11.8 Å². The van der Waals surface area contributed by atoms with Crippen LogP contribution in [0.5, 0.6) is 0 Å². The van der Waals surface area contributed by atoms with Crippen LogP contribution in [-0.2, 0) is 4.79 Å². The van der Waals surface area contributed by atoms with E-state index >= 15 is 0 Å². The molecular weight excluding hydrogens is 233 g/mol. The van der Waals surface area contributed by atoms with Crippen molar-refractivity contribution >= 4 is 5.91 Å². The van der Waals surface area contributed by atoms with Crippen molar-refractivity contribution in [3.63, 3.8) is 0 Å². The Hall–Kier alpha value is -0.780. The molecule has 17 heavy (non-hydrogen) atoms. The van der Waals surface area contributed by atoms with Gasteiger partial charge in [-0.3, -0.25) is 10.1 Å². The minimum atomic E-state index is -4.23. The standard InChI is InChI=1S/C11H19F3N2O/c1-7(2)4-9-15-6-10(17)16(9)8(3)5-11(12,13)14/h7-9,15H,4-6H2,1-3H3. The number of nitrogens with one attached hydrogen (secondary N) is 1. The maximum absolute atomic E-state index is 12.3. The van der Waals surface area contributed by atoms with Crippen molar-refractivity contribution in [3.8, 4) is 0 Å². The predicted octanol–water partition coefficient (Wildman–Crippen LogP) is 2.13. The molecule has 0 aromatic rings. The van der Waals surface area contributed by atoms with E-state index in [4.69, 9.17) is 0 Å². The van der Waals surface area contributed by atoms with Gasteiger partial charge in [0.15, 0.2) is 0 Å². The van der Waals surface area contributed by atoms with Crippen molar-refractivity contribution in [1.82, 2.24) is 10.2 Å². The number of nitrogens with zero attached hydrogens (tertiary/aromatic N) is 1. The Balaban J connectivity index is 2.67. The molecule has 0 aromatic heterocycles. The summed E-state index contributed by atoms with van der Waals surface area (Å²) >= 11 is 0. The van der Waals surface area contributed by atoms with Gasteiger partial charge >= 0.3 is 6.18 Å². The number of rotatable bonds is 4. The van der Waals surface area contributed by atoms with E-state index in [9.17, 15) is 18.0 Å². The smallest absolute Gasteiger partial charge is 0.323 e. The van der Waals surface area contributed by atoms with E-state index in [2.05, 4.69) is 5.32 Å². The van der Waals surface area contributed by atoms with Crippen LogP contribution < -0.4 is 5.32 Å². The van der Waals surface area contributed by atoms with Crippen LogP contribution in [0.3, 0.4) is 0 Å². The summed E-state index contributed by atoms with van der Waals surface area (Å²) in [4.78, 5) is 12.9. The Morgan fingerprint density at radius 3 is 2.47 bits per heavy atom. The molecular formula is C11H19F3N2O. The second-order valence-electron chi connectivity index (χ2n) is 5.00. The number of halogens is 3. The van der Waals surface area contributed by atoms with Gasteiger partial charge in [-0.1, -0.05) is 13.8 Å². The lowest BCUT2D eigenvalue weighted by molar-refractivity contribution is -0.153. The van der Waals surface area contributed by atoms with Crippen LogP contribution in [0.25, 0.3) is 0 Å². The molecule has 6 heteroatoms. The molecule has 2 unspecified atom stereocenters. The number of amides is 1.